The summed E-state index contributed by atoms with van der Waals surface area (Å²) in [4.78, 5) is 8.47. The van der Waals surface area contributed by atoms with Crippen LogP contribution < -0.4 is 16.0 Å². The number of aliphatic hydroxyl groups excluding tert-OH is 1. The number of hydrogen-bond acceptors (Lipinski definition) is 6. The van der Waals surface area contributed by atoms with Gasteiger partial charge in [0.05, 0.1) is 5.70 Å². The molecule has 168 valence electrons. The second-order valence-electron chi connectivity index (χ2n) is 6.81. The molecule has 2 aromatic rings. The molecule has 0 saturated heterocycles. The summed E-state index contributed by atoms with van der Waals surface area (Å²) >= 11 is 0. The Bertz CT molecular complexity index is 926. The number of nitrogens with zero attached hydrogens (tertiary/aromatic N) is 2. The number of aliphatic imine (C=N–C) groups is 1. The molecule has 0 aliphatic carbocycles. The van der Waals surface area contributed by atoms with Gasteiger partial charge in [0.2, 0.25) is 0 Å². The molecule has 3 rings (SSSR count). The molecule has 6 heteroatoms. The number of nitrogens with one attached hydrogen (secondary N) is 3. The maximum absolute atomic E-state index is 9.80. The summed E-state index contributed by atoms with van der Waals surface area (Å²) < 4.78 is 0. The molecule has 1 aliphatic rings. The molecule has 4 N–H and O–H groups in total. The normalized spacial score (nSPS) is 16.5. The minimum atomic E-state index is -0.606. The van der Waals surface area contributed by atoms with E-state index in [9.17, 15) is 5.11 Å². The smallest absolute Gasteiger partial charge is 0.175 e. The molecule has 3 atom stereocenters. The first-order valence-electron chi connectivity index (χ1n) is 10.7. The van der Waals surface area contributed by atoms with Crippen molar-refractivity contribution in [3.8, 4) is 11.1 Å². The van der Waals surface area contributed by atoms with Crippen LogP contribution in [0.15, 0.2) is 83.6 Å². The number of hydrogen-bond donors (Lipinski definition) is 4. The number of allylic oxidation sites excluding steroid dienone is 1. The number of aromatic nitrogens is 1. The topological polar surface area (TPSA) is 81.6 Å². The Kier molecular flexibility index (Phi) is 9.72. The van der Waals surface area contributed by atoms with Crippen molar-refractivity contribution < 1.29 is 7.96 Å². The van der Waals surface area contributed by atoms with Crippen molar-refractivity contribution in [3.63, 3.8) is 0 Å². The van der Waals surface area contributed by atoms with Crippen molar-refractivity contribution >= 4 is 11.9 Å². The zero-order valence-corrected chi connectivity index (χ0v) is 18.8. The number of anilines is 1. The zero-order chi connectivity index (χ0) is 22.6. The van der Waals surface area contributed by atoms with E-state index in [0.717, 1.165) is 28.2 Å². The van der Waals surface area contributed by atoms with Gasteiger partial charge in [-0.05, 0) is 41.8 Å². The predicted octanol–water partition coefficient (Wildman–Crippen LogP) is 5.14. The van der Waals surface area contributed by atoms with Crippen molar-refractivity contribution in [2.24, 2.45) is 10.9 Å². The molecule has 1 aromatic heterocycles. The Balaban J connectivity index is 0.00000249. The number of pyridine rings is 1. The van der Waals surface area contributed by atoms with Crippen LogP contribution in [0.5, 0.6) is 0 Å². The Morgan fingerprint density at radius 3 is 2.61 bits per heavy atom. The van der Waals surface area contributed by atoms with E-state index in [2.05, 4.69) is 57.3 Å². The highest BCUT2D eigenvalue weighted by molar-refractivity contribution is 5.73. The number of rotatable bonds is 8. The zero-order valence-electron chi connectivity index (χ0n) is 18.8. The van der Waals surface area contributed by atoms with E-state index in [1.165, 1.54) is 0 Å². The van der Waals surface area contributed by atoms with Gasteiger partial charge in [0.1, 0.15) is 6.23 Å². The lowest BCUT2D eigenvalue weighted by Gasteiger charge is -2.28. The van der Waals surface area contributed by atoms with Gasteiger partial charge in [0.25, 0.3) is 0 Å². The van der Waals surface area contributed by atoms with E-state index >= 15 is 0 Å². The van der Waals surface area contributed by atoms with Gasteiger partial charge in [-0.3, -0.25) is 15.3 Å². The van der Waals surface area contributed by atoms with E-state index in [1.807, 2.05) is 57.3 Å². The number of aliphatic hydroxyl groups is 1. The molecule has 0 amide bonds. The lowest BCUT2D eigenvalue weighted by Crippen LogP contribution is -2.47. The van der Waals surface area contributed by atoms with Crippen molar-refractivity contribution in [2.75, 3.05) is 5.32 Å². The summed E-state index contributed by atoms with van der Waals surface area (Å²) in [7, 11) is 0. The van der Waals surface area contributed by atoms with E-state index in [0.29, 0.717) is 6.42 Å². The van der Waals surface area contributed by atoms with Gasteiger partial charge >= 0.3 is 0 Å². The summed E-state index contributed by atoms with van der Waals surface area (Å²) in [5.74, 6) is 0.000296. The third kappa shape index (κ3) is 6.93. The molecule has 0 saturated carbocycles. The third-order valence-corrected chi connectivity index (χ3v) is 4.78. The second-order valence-corrected chi connectivity index (χ2v) is 6.81. The van der Waals surface area contributed by atoms with Crippen molar-refractivity contribution in [2.45, 2.75) is 46.6 Å². The monoisotopic (exact) mass is 423 g/mol. The molecule has 0 bridgehead atoms. The molecule has 0 fully saturated rings. The van der Waals surface area contributed by atoms with E-state index in [1.54, 1.807) is 12.4 Å². The van der Waals surface area contributed by atoms with Gasteiger partial charge in [-0.1, -0.05) is 52.5 Å². The van der Waals surface area contributed by atoms with Crippen LogP contribution in [-0.4, -0.2) is 28.8 Å². The van der Waals surface area contributed by atoms with Gasteiger partial charge in [-0.25, -0.2) is 0 Å². The van der Waals surface area contributed by atoms with E-state index < -0.39 is 6.23 Å². The fourth-order valence-corrected chi connectivity index (χ4v) is 3.00. The molecule has 1 aromatic carbocycles. The summed E-state index contributed by atoms with van der Waals surface area (Å²) in [5.41, 5.74) is 7.97. The van der Waals surface area contributed by atoms with Gasteiger partial charge in [-0.2, -0.15) is 0 Å². The molecule has 31 heavy (non-hydrogen) atoms. The maximum atomic E-state index is 9.80. The van der Waals surface area contributed by atoms with Crippen LogP contribution in [0.3, 0.4) is 0 Å². The molecule has 3 unspecified atom stereocenters. The minimum absolute atomic E-state index is 0. The molecule has 6 nitrogen and oxygen atoms in total. The van der Waals surface area contributed by atoms with Gasteiger partial charge in [0.15, 0.2) is 6.29 Å². The van der Waals surface area contributed by atoms with Crippen LogP contribution in [0.2, 0.25) is 0 Å². The lowest BCUT2D eigenvalue weighted by molar-refractivity contribution is 0.114. The summed E-state index contributed by atoms with van der Waals surface area (Å²) in [6, 6.07) is 12.1. The van der Waals surface area contributed by atoms with Crippen LogP contribution in [0.25, 0.3) is 11.1 Å². The molecule has 0 spiro atoms. The molecule has 0 radical (unpaired) electrons. The van der Waals surface area contributed by atoms with E-state index in [-0.39, 0.29) is 15.1 Å². The fourth-order valence-electron chi connectivity index (χ4n) is 3.00. The third-order valence-electron chi connectivity index (χ3n) is 4.78. The van der Waals surface area contributed by atoms with Gasteiger partial charge in [0, 0.05) is 38.8 Å². The van der Waals surface area contributed by atoms with Crippen molar-refractivity contribution in [1.82, 2.24) is 15.6 Å². The first kappa shape index (κ1) is 24.1. The van der Waals surface area contributed by atoms with Gasteiger partial charge in [-0.15, -0.1) is 5.73 Å². The largest absolute Gasteiger partial charge is 0.379 e. The van der Waals surface area contributed by atoms with Crippen LogP contribution in [-0.2, 0) is 0 Å². The van der Waals surface area contributed by atoms with Crippen molar-refractivity contribution in [3.05, 3.63) is 78.6 Å². The van der Waals surface area contributed by atoms with E-state index in [4.69, 9.17) is 0 Å². The fraction of sp³-hybridized carbons (Fsp3) is 0.320. The summed E-state index contributed by atoms with van der Waals surface area (Å²) in [6.07, 6.45) is 6.92. The first-order valence-corrected chi connectivity index (χ1v) is 10.7. The average molecular weight is 424 g/mol. The molecular formula is C25H37N5O. The highest BCUT2D eigenvalue weighted by Crippen LogP contribution is 2.24. The van der Waals surface area contributed by atoms with Crippen LogP contribution in [0, 0.1) is 5.92 Å². The summed E-state index contributed by atoms with van der Waals surface area (Å²) in [6.45, 7) is 11.8. The number of benzene rings is 1. The Morgan fingerprint density at radius 2 is 2.00 bits per heavy atom. The SMILES string of the molecule is C=C=C(Nc1ccc(-c2cccnc2)cc1)C(C)C1=CC=NC(NC(O)CC)N1.CC.[HH].[HH]. The minimum Gasteiger partial charge on any atom is -0.379 e. The standard InChI is InChI=1S/C23H27N5O.C2H6.2H2/c1-4-20(16(3)21-12-14-25-23(27-21)28-22(29)5-2)26-19-10-8-17(9-11-19)18-7-6-13-24-15-18;1-2;;/h6-16,22-23,26-29H,1,5H2,2-3H3;1-2H3;2*1H. The second kappa shape index (κ2) is 12.5. The average Bonchev–Trinajstić information content (AvgIpc) is 2.84. The Morgan fingerprint density at radius 1 is 1.26 bits per heavy atom. The van der Waals surface area contributed by atoms with Crippen molar-refractivity contribution in [1.29, 1.82) is 0 Å². The highest BCUT2D eigenvalue weighted by Gasteiger charge is 2.20. The highest BCUT2D eigenvalue weighted by atomic mass is 16.3. The van der Waals surface area contributed by atoms with Crippen LogP contribution in [0.1, 0.15) is 37.0 Å². The van der Waals surface area contributed by atoms with Crippen LogP contribution in [0.4, 0.5) is 5.69 Å². The predicted molar refractivity (Wildman–Crippen MR) is 134 cm³/mol. The molecule has 1 aliphatic heterocycles. The maximum Gasteiger partial charge on any atom is 0.175 e. The Labute approximate surface area is 188 Å². The van der Waals surface area contributed by atoms with Gasteiger partial charge < -0.3 is 15.7 Å². The quantitative estimate of drug-likeness (QED) is 0.349. The molecular weight excluding hydrogens is 386 g/mol. The Hall–Kier alpha value is -3.18. The molecule has 2 heterocycles. The van der Waals surface area contributed by atoms with Crippen LogP contribution >= 0.6 is 0 Å². The summed E-state index contributed by atoms with van der Waals surface area (Å²) in [5, 5.41) is 19.5. The lowest BCUT2D eigenvalue weighted by atomic mass is 10.0. The first-order chi connectivity index (χ1) is 15.1.